The lowest BCUT2D eigenvalue weighted by Gasteiger charge is -2.28. The second kappa shape index (κ2) is 7.40. The second-order valence-corrected chi connectivity index (χ2v) is 3.91. The molecule has 0 spiro atoms. The maximum atomic E-state index is 9.42. The zero-order valence-electron chi connectivity index (χ0n) is 10.1. The predicted octanol–water partition coefficient (Wildman–Crippen LogP) is 1.16. The first-order chi connectivity index (χ1) is 8.17. The summed E-state index contributed by atoms with van der Waals surface area (Å²) >= 11 is 0. The van der Waals surface area contributed by atoms with Crippen molar-refractivity contribution in [1.82, 2.24) is 0 Å². The number of aliphatic hydroxyl groups is 2. The van der Waals surface area contributed by atoms with E-state index in [0.717, 1.165) is 12.0 Å². The Kier molecular flexibility index (Phi) is 6.15. The van der Waals surface area contributed by atoms with E-state index >= 15 is 0 Å². The number of rotatable bonds is 6. The molecule has 96 valence electrons. The van der Waals surface area contributed by atoms with Crippen LogP contribution in [0.4, 0.5) is 0 Å². The Labute approximate surface area is 102 Å². The van der Waals surface area contributed by atoms with Crippen LogP contribution >= 0.6 is 0 Å². The van der Waals surface area contributed by atoms with Crippen molar-refractivity contribution in [2.24, 2.45) is 0 Å². The fraction of sp³-hybridized carbons (Fsp3) is 0.538. The highest BCUT2D eigenvalue weighted by atomic mass is 16.7. The van der Waals surface area contributed by atoms with Crippen LogP contribution in [0.15, 0.2) is 36.5 Å². The van der Waals surface area contributed by atoms with Gasteiger partial charge in [0, 0.05) is 0 Å². The SMILES string of the molecule is C=C/C(C)=C/CCO[C@@H]1C=C[C@H](O)[C@@H](CO)O1. The van der Waals surface area contributed by atoms with Crippen LogP contribution < -0.4 is 0 Å². The van der Waals surface area contributed by atoms with E-state index in [-0.39, 0.29) is 6.61 Å². The molecule has 1 aliphatic heterocycles. The predicted molar refractivity (Wildman–Crippen MR) is 65.4 cm³/mol. The Bertz CT molecular complexity index is 296. The molecule has 17 heavy (non-hydrogen) atoms. The molecule has 1 rings (SSSR count). The topological polar surface area (TPSA) is 58.9 Å². The molecule has 0 aromatic rings. The summed E-state index contributed by atoms with van der Waals surface area (Å²) in [5.74, 6) is 0. The van der Waals surface area contributed by atoms with Crippen molar-refractivity contribution in [2.75, 3.05) is 13.2 Å². The molecule has 0 aliphatic carbocycles. The molecule has 4 nitrogen and oxygen atoms in total. The molecule has 4 heteroatoms. The van der Waals surface area contributed by atoms with Gasteiger partial charge in [0.05, 0.1) is 13.2 Å². The highest BCUT2D eigenvalue weighted by Crippen LogP contribution is 2.14. The fourth-order valence-electron chi connectivity index (χ4n) is 1.43. The van der Waals surface area contributed by atoms with Crippen molar-refractivity contribution < 1.29 is 19.7 Å². The standard InChI is InChI=1S/C13H20O4/c1-3-10(2)5-4-8-16-13-7-6-11(15)12(9-14)17-13/h3,5-7,11-15H,1,4,8-9H2,2H3/b10-5+/t11-,12+,13-/m0/s1. The molecule has 0 saturated carbocycles. The molecule has 0 bridgehead atoms. The van der Waals surface area contributed by atoms with Crippen LogP contribution in [0.1, 0.15) is 13.3 Å². The van der Waals surface area contributed by atoms with E-state index in [0.29, 0.717) is 6.61 Å². The first kappa shape index (κ1) is 14.1. The number of allylic oxidation sites excluding steroid dienone is 2. The first-order valence-electron chi connectivity index (χ1n) is 5.71. The van der Waals surface area contributed by atoms with Gasteiger partial charge in [-0.1, -0.05) is 30.4 Å². The summed E-state index contributed by atoms with van der Waals surface area (Å²) in [6.45, 7) is 5.93. The van der Waals surface area contributed by atoms with Crippen LogP contribution in [0, 0.1) is 0 Å². The lowest BCUT2D eigenvalue weighted by molar-refractivity contribution is -0.179. The molecule has 0 saturated heterocycles. The maximum Gasteiger partial charge on any atom is 0.177 e. The Morgan fingerprint density at radius 1 is 1.53 bits per heavy atom. The largest absolute Gasteiger partial charge is 0.394 e. The highest BCUT2D eigenvalue weighted by molar-refractivity contribution is 5.12. The van der Waals surface area contributed by atoms with Gasteiger partial charge in [0.25, 0.3) is 0 Å². The monoisotopic (exact) mass is 240 g/mol. The molecule has 0 unspecified atom stereocenters. The minimum atomic E-state index is -0.761. The van der Waals surface area contributed by atoms with Gasteiger partial charge >= 0.3 is 0 Å². The van der Waals surface area contributed by atoms with Gasteiger partial charge in [0.2, 0.25) is 0 Å². The zero-order chi connectivity index (χ0) is 12.7. The third kappa shape index (κ3) is 4.83. The van der Waals surface area contributed by atoms with Crippen LogP contribution in [0.25, 0.3) is 0 Å². The third-order valence-corrected chi connectivity index (χ3v) is 2.52. The molecule has 0 aromatic carbocycles. The van der Waals surface area contributed by atoms with E-state index in [1.165, 1.54) is 0 Å². The quantitative estimate of drug-likeness (QED) is 0.415. The minimum Gasteiger partial charge on any atom is -0.394 e. The molecular weight excluding hydrogens is 220 g/mol. The van der Waals surface area contributed by atoms with Crippen molar-refractivity contribution in [3.8, 4) is 0 Å². The van der Waals surface area contributed by atoms with Gasteiger partial charge in [-0.05, 0) is 19.4 Å². The average Bonchev–Trinajstić information content (AvgIpc) is 2.36. The van der Waals surface area contributed by atoms with Crippen molar-refractivity contribution >= 4 is 0 Å². The van der Waals surface area contributed by atoms with Crippen LogP contribution in [0.5, 0.6) is 0 Å². The van der Waals surface area contributed by atoms with Crippen molar-refractivity contribution in [3.63, 3.8) is 0 Å². The van der Waals surface area contributed by atoms with Gasteiger partial charge in [-0.3, -0.25) is 0 Å². The second-order valence-electron chi connectivity index (χ2n) is 3.91. The Balaban J connectivity index is 2.29. The number of ether oxygens (including phenoxy) is 2. The van der Waals surface area contributed by atoms with Crippen LogP contribution in [-0.2, 0) is 9.47 Å². The molecule has 0 radical (unpaired) electrons. The average molecular weight is 240 g/mol. The summed E-state index contributed by atoms with van der Waals surface area (Å²) in [5.41, 5.74) is 1.11. The van der Waals surface area contributed by atoms with Gasteiger partial charge in [-0.25, -0.2) is 0 Å². The maximum absolute atomic E-state index is 9.42. The molecule has 0 aromatic heterocycles. The zero-order valence-corrected chi connectivity index (χ0v) is 10.1. The normalized spacial score (nSPS) is 29.4. The van der Waals surface area contributed by atoms with E-state index in [2.05, 4.69) is 6.58 Å². The fourth-order valence-corrected chi connectivity index (χ4v) is 1.43. The summed E-state index contributed by atoms with van der Waals surface area (Å²) in [7, 11) is 0. The molecule has 1 heterocycles. The third-order valence-electron chi connectivity index (χ3n) is 2.52. The molecule has 1 aliphatic rings. The van der Waals surface area contributed by atoms with Crippen molar-refractivity contribution in [3.05, 3.63) is 36.5 Å². The Morgan fingerprint density at radius 3 is 2.94 bits per heavy atom. The molecule has 2 N–H and O–H groups in total. The highest BCUT2D eigenvalue weighted by Gasteiger charge is 2.24. The van der Waals surface area contributed by atoms with E-state index < -0.39 is 18.5 Å². The van der Waals surface area contributed by atoms with Crippen LogP contribution in [0.3, 0.4) is 0 Å². The Morgan fingerprint density at radius 2 is 2.29 bits per heavy atom. The minimum absolute atomic E-state index is 0.221. The van der Waals surface area contributed by atoms with E-state index in [4.69, 9.17) is 14.6 Å². The van der Waals surface area contributed by atoms with Gasteiger partial charge in [0.15, 0.2) is 6.29 Å². The number of aliphatic hydroxyl groups excluding tert-OH is 2. The van der Waals surface area contributed by atoms with E-state index in [1.54, 1.807) is 18.2 Å². The first-order valence-corrected chi connectivity index (χ1v) is 5.71. The molecular formula is C13H20O4. The van der Waals surface area contributed by atoms with Crippen molar-refractivity contribution in [1.29, 1.82) is 0 Å². The summed E-state index contributed by atoms with van der Waals surface area (Å²) in [6, 6.07) is 0. The van der Waals surface area contributed by atoms with E-state index in [9.17, 15) is 5.11 Å². The lowest BCUT2D eigenvalue weighted by atomic mass is 10.1. The summed E-state index contributed by atoms with van der Waals surface area (Å²) in [6.07, 6.45) is 5.97. The summed E-state index contributed by atoms with van der Waals surface area (Å²) < 4.78 is 10.8. The lowest BCUT2D eigenvalue weighted by Crippen LogP contribution is -2.38. The van der Waals surface area contributed by atoms with Crippen molar-refractivity contribution in [2.45, 2.75) is 31.8 Å². The molecule has 3 atom stereocenters. The van der Waals surface area contributed by atoms with Gasteiger partial charge in [0.1, 0.15) is 12.2 Å². The smallest absolute Gasteiger partial charge is 0.177 e. The summed E-state index contributed by atoms with van der Waals surface area (Å²) in [4.78, 5) is 0. The van der Waals surface area contributed by atoms with Crippen LogP contribution in [-0.4, -0.2) is 41.9 Å². The van der Waals surface area contributed by atoms with E-state index in [1.807, 2.05) is 13.0 Å². The van der Waals surface area contributed by atoms with Crippen LogP contribution in [0.2, 0.25) is 0 Å². The van der Waals surface area contributed by atoms with Gasteiger partial charge in [-0.15, -0.1) is 0 Å². The number of hydrogen-bond donors (Lipinski definition) is 2. The van der Waals surface area contributed by atoms with Gasteiger partial charge in [-0.2, -0.15) is 0 Å². The Hall–Kier alpha value is -0.940. The van der Waals surface area contributed by atoms with Gasteiger partial charge < -0.3 is 19.7 Å². The molecule has 0 amide bonds. The summed E-state index contributed by atoms with van der Waals surface area (Å²) in [5, 5.41) is 18.4. The molecule has 0 fully saturated rings. The number of hydrogen-bond acceptors (Lipinski definition) is 4.